The zero-order valence-electron chi connectivity index (χ0n) is 10.6. The van der Waals surface area contributed by atoms with Crippen molar-refractivity contribution in [1.29, 1.82) is 0 Å². The summed E-state index contributed by atoms with van der Waals surface area (Å²) >= 11 is 0. The van der Waals surface area contributed by atoms with E-state index in [0.29, 0.717) is 22.6 Å². The van der Waals surface area contributed by atoms with Crippen LogP contribution < -0.4 is 10.5 Å². The number of aromatic nitrogens is 1. The van der Waals surface area contributed by atoms with Crippen LogP contribution in [0.25, 0.3) is 0 Å². The van der Waals surface area contributed by atoms with Gasteiger partial charge in [0, 0.05) is 32.2 Å². The van der Waals surface area contributed by atoms with Crippen molar-refractivity contribution in [3.63, 3.8) is 0 Å². The number of ether oxygens (including phenoxy) is 2. The highest BCUT2D eigenvalue weighted by Crippen LogP contribution is 2.26. The molecule has 0 aliphatic carbocycles. The number of rotatable bonds is 4. The van der Waals surface area contributed by atoms with Gasteiger partial charge in [0.05, 0.1) is 5.69 Å². The maximum absolute atomic E-state index is 11.1. The zero-order valence-corrected chi connectivity index (χ0v) is 10.6. The van der Waals surface area contributed by atoms with E-state index in [1.54, 1.807) is 13.1 Å². The zero-order chi connectivity index (χ0) is 13.7. The molecule has 0 saturated carbocycles. The van der Waals surface area contributed by atoms with Gasteiger partial charge in [0.1, 0.15) is 6.61 Å². The molecule has 98 valence electrons. The van der Waals surface area contributed by atoms with Crippen molar-refractivity contribution in [1.82, 2.24) is 4.98 Å². The average molecular weight is 252 g/mol. The number of carbonyl (C=O) groups excluding carboxylic acids is 2. The lowest BCUT2D eigenvalue weighted by molar-refractivity contribution is -0.142. The van der Waals surface area contributed by atoms with Gasteiger partial charge in [-0.2, -0.15) is 0 Å². The fourth-order valence-corrected chi connectivity index (χ4v) is 1.46. The van der Waals surface area contributed by atoms with E-state index in [0.717, 1.165) is 0 Å². The predicted molar refractivity (Wildman–Crippen MR) is 63.6 cm³/mol. The quantitative estimate of drug-likeness (QED) is 0.798. The summed E-state index contributed by atoms with van der Waals surface area (Å²) in [6, 6.07) is 0. The SMILES string of the molecule is CC(=O)OCc1c(CN)cnc(C)c1OC(C)=O. The summed E-state index contributed by atoms with van der Waals surface area (Å²) in [4.78, 5) is 26.0. The van der Waals surface area contributed by atoms with Gasteiger partial charge in [0.25, 0.3) is 0 Å². The number of nitrogens with zero attached hydrogens (tertiary/aromatic N) is 1. The third-order valence-electron chi connectivity index (χ3n) is 2.29. The van der Waals surface area contributed by atoms with Crippen molar-refractivity contribution < 1.29 is 19.1 Å². The molecular weight excluding hydrogens is 236 g/mol. The monoisotopic (exact) mass is 252 g/mol. The first-order chi connectivity index (χ1) is 8.45. The Balaban J connectivity index is 3.17. The smallest absolute Gasteiger partial charge is 0.308 e. The normalized spacial score (nSPS) is 10.0. The van der Waals surface area contributed by atoms with Gasteiger partial charge in [-0.3, -0.25) is 14.6 Å². The summed E-state index contributed by atoms with van der Waals surface area (Å²) in [5.74, 6) is -0.564. The van der Waals surface area contributed by atoms with Crippen molar-refractivity contribution in [3.8, 4) is 5.75 Å². The molecule has 6 heteroatoms. The van der Waals surface area contributed by atoms with Crippen LogP contribution in [0.15, 0.2) is 6.20 Å². The number of carbonyl (C=O) groups is 2. The van der Waals surface area contributed by atoms with Crippen molar-refractivity contribution >= 4 is 11.9 Å². The highest BCUT2D eigenvalue weighted by atomic mass is 16.5. The first-order valence-electron chi connectivity index (χ1n) is 5.45. The molecule has 1 rings (SSSR count). The molecule has 0 bridgehead atoms. The molecule has 6 nitrogen and oxygen atoms in total. The van der Waals surface area contributed by atoms with Crippen molar-refractivity contribution in [2.75, 3.05) is 0 Å². The molecule has 1 aromatic heterocycles. The van der Waals surface area contributed by atoms with Crippen LogP contribution in [-0.4, -0.2) is 16.9 Å². The van der Waals surface area contributed by atoms with Gasteiger partial charge in [0.2, 0.25) is 0 Å². The van der Waals surface area contributed by atoms with Crippen molar-refractivity contribution in [2.45, 2.75) is 33.9 Å². The molecule has 0 saturated heterocycles. The molecule has 0 aromatic carbocycles. The fourth-order valence-electron chi connectivity index (χ4n) is 1.46. The lowest BCUT2D eigenvalue weighted by atomic mass is 10.1. The molecule has 0 atom stereocenters. The Labute approximate surface area is 105 Å². The summed E-state index contributed by atoms with van der Waals surface area (Å²) in [5, 5.41) is 0. The molecule has 1 aromatic rings. The number of esters is 2. The largest absolute Gasteiger partial charge is 0.461 e. The van der Waals surface area contributed by atoms with E-state index in [1.165, 1.54) is 13.8 Å². The Kier molecular flexibility index (Phi) is 4.79. The number of hydrogen-bond acceptors (Lipinski definition) is 6. The van der Waals surface area contributed by atoms with E-state index in [-0.39, 0.29) is 13.2 Å². The highest BCUT2D eigenvalue weighted by Gasteiger charge is 2.16. The first kappa shape index (κ1) is 14.1. The minimum atomic E-state index is -0.460. The van der Waals surface area contributed by atoms with Crippen LogP contribution in [0.1, 0.15) is 30.7 Å². The Bertz CT molecular complexity index is 471. The summed E-state index contributed by atoms with van der Waals surface area (Å²) in [7, 11) is 0. The fraction of sp³-hybridized carbons (Fsp3) is 0.417. The van der Waals surface area contributed by atoms with E-state index in [2.05, 4.69) is 4.98 Å². The molecule has 2 N–H and O–H groups in total. The molecule has 0 unspecified atom stereocenters. The summed E-state index contributed by atoms with van der Waals surface area (Å²) in [6.07, 6.45) is 1.58. The van der Waals surface area contributed by atoms with E-state index < -0.39 is 11.9 Å². The maximum atomic E-state index is 11.1. The van der Waals surface area contributed by atoms with Gasteiger partial charge < -0.3 is 15.2 Å². The third kappa shape index (κ3) is 3.53. The number of hydrogen-bond donors (Lipinski definition) is 1. The van der Waals surface area contributed by atoms with Gasteiger partial charge in [-0.05, 0) is 12.5 Å². The summed E-state index contributed by atoms with van der Waals surface area (Å²) < 4.78 is 10.0. The van der Waals surface area contributed by atoms with Crippen molar-refractivity contribution in [3.05, 3.63) is 23.0 Å². The van der Waals surface area contributed by atoms with E-state index >= 15 is 0 Å². The van der Waals surface area contributed by atoms with Crippen LogP contribution in [0.3, 0.4) is 0 Å². The van der Waals surface area contributed by atoms with Gasteiger partial charge >= 0.3 is 11.9 Å². The Morgan fingerprint density at radius 2 is 2.00 bits per heavy atom. The second kappa shape index (κ2) is 6.11. The minimum Gasteiger partial charge on any atom is -0.461 e. The molecule has 0 spiro atoms. The molecule has 18 heavy (non-hydrogen) atoms. The molecule has 0 radical (unpaired) electrons. The molecule has 0 amide bonds. The van der Waals surface area contributed by atoms with Gasteiger partial charge in [-0.1, -0.05) is 0 Å². The molecule has 0 fully saturated rings. The molecule has 0 aliphatic heterocycles. The number of aryl methyl sites for hydroxylation is 1. The standard InChI is InChI=1S/C12H16N2O4/c1-7-12(18-9(3)16)11(6-17-8(2)15)10(4-13)5-14-7/h5H,4,6,13H2,1-3H3. The van der Waals surface area contributed by atoms with E-state index in [9.17, 15) is 9.59 Å². The molecule has 1 heterocycles. The first-order valence-corrected chi connectivity index (χ1v) is 5.45. The third-order valence-corrected chi connectivity index (χ3v) is 2.29. The maximum Gasteiger partial charge on any atom is 0.308 e. The number of pyridine rings is 1. The van der Waals surface area contributed by atoms with E-state index in [4.69, 9.17) is 15.2 Å². The van der Waals surface area contributed by atoms with Crippen LogP contribution in [0.5, 0.6) is 5.75 Å². The summed E-state index contributed by atoms with van der Waals surface area (Å²) in [5.41, 5.74) is 7.39. The predicted octanol–water partition coefficient (Wildman–Crippen LogP) is 0.837. The van der Waals surface area contributed by atoms with Crippen molar-refractivity contribution in [2.24, 2.45) is 5.73 Å². The van der Waals surface area contributed by atoms with Crippen LogP contribution in [0, 0.1) is 6.92 Å². The van der Waals surface area contributed by atoms with Crippen LogP contribution in [0.4, 0.5) is 0 Å². The highest BCUT2D eigenvalue weighted by molar-refractivity contribution is 5.70. The molecule has 0 aliphatic rings. The lowest BCUT2D eigenvalue weighted by Gasteiger charge is -2.14. The van der Waals surface area contributed by atoms with Gasteiger partial charge in [-0.25, -0.2) is 0 Å². The number of nitrogens with two attached hydrogens (primary N) is 1. The Morgan fingerprint density at radius 1 is 1.33 bits per heavy atom. The molecular formula is C12H16N2O4. The van der Waals surface area contributed by atoms with Gasteiger partial charge in [0.15, 0.2) is 5.75 Å². The lowest BCUT2D eigenvalue weighted by Crippen LogP contribution is -2.12. The van der Waals surface area contributed by atoms with E-state index in [1.807, 2.05) is 0 Å². The Hall–Kier alpha value is -1.95. The summed E-state index contributed by atoms with van der Waals surface area (Å²) in [6.45, 7) is 4.54. The topological polar surface area (TPSA) is 91.5 Å². The second-order valence-corrected chi connectivity index (χ2v) is 3.75. The average Bonchev–Trinajstić information content (AvgIpc) is 2.29. The minimum absolute atomic E-state index is 0.00778. The van der Waals surface area contributed by atoms with Gasteiger partial charge in [-0.15, -0.1) is 0 Å². The second-order valence-electron chi connectivity index (χ2n) is 3.75. The van der Waals surface area contributed by atoms with Crippen LogP contribution >= 0.6 is 0 Å². The van der Waals surface area contributed by atoms with Crippen LogP contribution in [-0.2, 0) is 27.5 Å². The van der Waals surface area contributed by atoms with Crippen LogP contribution in [0.2, 0.25) is 0 Å². The Morgan fingerprint density at radius 3 is 2.50 bits per heavy atom.